The van der Waals surface area contributed by atoms with Crippen LogP contribution in [0.5, 0.6) is 0 Å². The van der Waals surface area contributed by atoms with E-state index in [-0.39, 0.29) is 17.1 Å². The molecule has 1 heterocycles. The molecule has 0 aromatic carbocycles. The van der Waals surface area contributed by atoms with E-state index in [1.165, 1.54) is 0 Å². The molecule has 1 N–H and O–H groups in total. The Bertz CT molecular complexity index is 306. The van der Waals surface area contributed by atoms with Gasteiger partial charge in [0.1, 0.15) is 0 Å². The SMILES string of the molecule is CC1=CC(=O)CCC12CCNC2=O. The van der Waals surface area contributed by atoms with Gasteiger partial charge in [0.15, 0.2) is 5.78 Å². The summed E-state index contributed by atoms with van der Waals surface area (Å²) in [6, 6.07) is 0. The van der Waals surface area contributed by atoms with Crippen molar-refractivity contribution in [3.8, 4) is 0 Å². The van der Waals surface area contributed by atoms with E-state index in [1.54, 1.807) is 6.08 Å². The van der Waals surface area contributed by atoms with Crippen LogP contribution in [-0.4, -0.2) is 18.2 Å². The van der Waals surface area contributed by atoms with Crippen LogP contribution in [0.4, 0.5) is 0 Å². The second kappa shape index (κ2) is 2.69. The molecule has 3 nitrogen and oxygen atoms in total. The van der Waals surface area contributed by atoms with Crippen LogP contribution in [0.25, 0.3) is 0 Å². The predicted octanol–water partition coefficient (Wildman–Crippen LogP) is 0.802. The zero-order valence-electron chi connectivity index (χ0n) is 7.72. The molecule has 2 rings (SSSR count). The predicted molar refractivity (Wildman–Crippen MR) is 48.1 cm³/mol. The van der Waals surface area contributed by atoms with Crippen molar-refractivity contribution in [1.82, 2.24) is 5.32 Å². The molecule has 1 saturated heterocycles. The largest absolute Gasteiger partial charge is 0.355 e. The molecule has 0 aromatic heterocycles. The molecule has 0 bridgehead atoms. The fourth-order valence-corrected chi connectivity index (χ4v) is 2.27. The monoisotopic (exact) mass is 179 g/mol. The highest BCUT2D eigenvalue weighted by atomic mass is 16.2. The maximum Gasteiger partial charge on any atom is 0.230 e. The molecule has 13 heavy (non-hydrogen) atoms. The summed E-state index contributed by atoms with van der Waals surface area (Å²) in [6.07, 6.45) is 3.70. The van der Waals surface area contributed by atoms with Gasteiger partial charge in [-0.2, -0.15) is 0 Å². The first-order chi connectivity index (χ1) is 6.15. The van der Waals surface area contributed by atoms with E-state index in [9.17, 15) is 9.59 Å². The summed E-state index contributed by atoms with van der Waals surface area (Å²) in [5.41, 5.74) is 0.604. The van der Waals surface area contributed by atoms with Crippen LogP contribution in [0.1, 0.15) is 26.2 Å². The van der Waals surface area contributed by atoms with E-state index >= 15 is 0 Å². The lowest BCUT2D eigenvalue weighted by Gasteiger charge is -2.29. The Labute approximate surface area is 77.2 Å². The Morgan fingerprint density at radius 1 is 1.38 bits per heavy atom. The Hall–Kier alpha value is -1.12. The van der Waals surface area contributed by atoms with Gasteiger partial charge in [-0.15, -0.1) is 0 Å². The number of carbonyl (C=O) groups excluding carboxylic acids is 2. The number of carbonyl (C=O) groups is 2. The maximum atomic E-state index is 11.6. The number of allylic oxidation sites excluding steroid dienone is 1. The number of hydrogen-bond acceptors (Lipinski definition) is 2. The number of nitrogens with one attached hydrogen (secondary N) is 1. The van der Waals surface area contributed by atoms with Crippen molar-refractivity contribution in [3.63, 3.8) is 0 Å². The molecule has 1 amide bonds. The maximum absolute atomic E-state index is 11.6. The number of rotatable bonds is 0. The third-order valence-electron chi connectivity index (χ3n) is 3.20. The first-order valence-corrected chi connectivity index (χ1v) is 4.65. The van der Waals surface area contributed by atoms with Gasteiger partial charge in [-0.25, -0.2) is 0 Å². The molecule has 70 valence electrons. The fraction of sp³-hybridized carbons (Fsp3) is 0.600. The first kappa shape index (κ1) is 8.48. The van der Waals surface area contributed by atoms with Crippen LogP contribution >= 0.6 is 0 Å². The number of amides is 1. The summed E-state index contributed by atoms with van der Waals surface area (Å²) in [5.74, 6) is 0.261. The quantitative estimate of drug-likeness (QED) is 0.598. The Balaban J connectivity index is 2.38. The number of hydrogen-bond donors (Lipinski definition) is 1. The van der Waals surface area contributed by atoms with E-state index in [4.69, 9.17) is 0 Å². The summed E-state index contributed by atoms with van der Waals surface area (Å²) in [7, 11) is 0. The van der Waals surface area contributed by atoms with Gasteiger partial charge in [0, 0.05) is 13.0 Å². The molecule has 1 atom stereocenters. The standard InChI is InChI=1S/C10H13NO2/c1-7-6-8(12)2-3-10(7)4-5-11-9(10)13/h6H,2-5H2,1H3,(H,11,13). The molecule has 0 aromatic rings. The topological polar surface area (TPSA) is 46.2 Å². The van der Waals surface area contributed by atoms with Crippen molar-refractivity contribution in [2.24, 2.45) is 5.41 Å². The van der Waals surface area contributed by atoms with Crippen LogP contribution < -0.4 is 5.32 Å². The van der Waals surface area contributed by atoms with Crippen molar-refractivity contribution < 1.29 is 9.59 Å². The highest BCUT2D eigenvalue weighted by molar-refractivity contribution is 5.97. The van der Waals surface area contributed by atoms with Crippen LogP contribution in [0.2, 0.25) is 0 Å². The van der Waals surface area contributed by atoms with E-state index in [1.807, 2.05) is 6.92 Å². The minimum Gasteiger partial charge on any atom is -0.355 e. The first-order valence-electron chi connectivity index (χ1n) is 4.65. The van der Waals surface area contributed by atoms with Crippen molar-refractivity contribution in [2.75, 3.05) is 6.54 Å². The zero-order chi connectivity index (χ0) is 9.47. The number of ketones is 1. The van der Waals surface area contributed by atoms with E-state index in [0.29, 0.717) is 12.8 Å². The van der Waals surface area contributed by atoms with Crippen molar-refractivity contribution in [1.29, 1.82) is 0 Å². The summed E-state index contributed by atoms with van der Waals surface area (Å²) in [6.45, 7) is 2.64. The highest BCUT2D eigenvalue weighted by Crippen LogP contribution is 2.41. The third kappa shape index (κ3) is 1.10. The summed E-state index contributed by atoms with van der Waals surface area (Å²) in [5, 5.41) is 2.83. The summed E-state index contributed by atoms with van der Waals surface area (Å²) in [4.78, 5) is 22.7. The lowest BCUT2D eigenvalue weighted by atomic mass is 9.72. The van der Waals surface area contributed by atoms with Gasteiger partial charge in [0.25, 0.3) is 0 Å². The lowest BCUT2D eigenvalue weighted by molar-refractivity contribution is -0.127. The van der Waals surface area contributed by atoms with Crippen LogP contribution in [0.15, 0.2) is 11.6 Å². The molecular weight excluding hydrogens is 166 g/mol. The molecule has 2 aliphatic rings. The molecule has 1 spiro atoms. The fourth-order valence-electron chi connectivity index (χ4n) is 2.27. The molecule has 1 aliphatic carbocycles. The van der Waals surface area contributed by atoms with Gasteiger partial charge < -0.3 is 5.32 Å². The molecule has 1 fully saturated rings. The van der Waals surface area contributed by atoms with Gasteiger partial charge >= 0.3 is 0 Å². The molecule has 1 unspecified atom stereocenters. The van der Waals surface area contributed by atoms with Gasteiger partial charge in [-0.3, -0.25) is 9.59 Å². The van der Waals surface area contributed by atoms with Gasteiger partial charge in [-0.1, -0.05) is 5.57 Å². The molecule has 3 heteroatoms. The highest BCUT2D eigenvalue weighted by Gasteiger charge is 2.45. The molecule has 1 aliphatic heterocycles. The van der Waals surface area contributed by atoms with E-state index in [0.717, 1.165) is 18.5 Å². The molecule has 0 radical (unpaired) electrons. The average Bonchev–Trinajstić information content (AvgIpc) is 2.43. The second-order valence-corrected chi connectivity index (χ2v) is 3.88. The van der Waals surface area contributed by atoms with Gasteiger partial charge in [0.2, 0.25) is 5.91 Å². The second-order valence-electron chi connectivity index (χ2n) is 3.88. The summed E-state index contributed by atoms with van der Waals surface area (Å²) >= 11 is 0. The van der Waals surface area contributed by atoms with Crippen molar-refractivity contribution in [2.45, 2.75) is 26.2 Å². The van der Waals surface area contributed by atoms with Crippen molar-refractivity contribution in [3.05, 3.63) is 11.6 Å². The minimum absolute atomic E-state index is 0.105. The molecular formula is C10H13NO2. The summed E-state index contributed by atoms with van der Waals surface area (Å²) < 4.78 is 0. The Morgan fingerprint density at radius 2 is 2.15 bits per heavy atom. The van der Waals surface area contributed by atoms with Gasteiger partial charge in [-0.05, 0) is 25.8 Å². The van der Waals surface area contributed by atoms with Crippen LogP contribution in [-0.2, 0) is 9.59 Å². The Kier molecular flexibility index (Phi) is 1.75. The van der Waals surface area contributed by atoms with Crippen LogP contribution in [0, 0.1) is 5.41 Å². The Morgan fingerprint density at radius 3 is 2.69 bits per heavy atom. The zero-order valence-corrected chi connectivity index (χ0v) is 7.72. The van der Waals surface area contributed by atoms with Crippen LogP contribution in [0.3, 0.4) is 0 Å². The van der Waals surface area contributed by atoms with E-state index in [2.05, 4.69) is 5.32 Å². The van der Waals surface area contributed by atoms with Gasteiger partial charge in [0.05, 0.1) is 5.41 Å². The average molecular weight is 179 g/mol. The van der Waals surface area contributed by atoms with Crippen molar-refractivity contribution >= 4 is 11.7 Å². The third-order valence-corrected chi connectivity index (χ3v) is 3.20. The van der Waals surface area contributed by atoms with E-state index < -0.39 is 0 Å². The smallest absolute Gasteiger partial charge is 0.230 e. The normalized spacial score (nSPS) is 33.5. The lowest BCUT2D eigenvalue weighted by Crippen LogP contribution is -2.35. The molecule has 0 saturated carbocycles. The minimum atomic E-state index is -0.339.